The molecule has 2 N–H and O–H groups in total. The van der Waals surface area contributed by atoms with Crippen LogP contribution >= 0.6 is 0 Å². The van der Waals surface area contributed by atoms with Crippen LogP contribution in [0.1, 0.15) is 53.4 Å². The Balaban J connectivity index is 1.98. The van der Waals surface area contributed by atoms with Crippen molar-refractivity contribution < 1.29 is 19.1 Å². The number of carbonyl (C=O) groups excluding carboxylic acids is 1. The average molecular weight is 304 g/mol. The van der Waals surface area contributed by atoms with Crippen molar-refractivity contribution in [3.8, 4) is 0 Å². The van der Waals surface area contributed by atoms with E-state index in [4.69, 9.17) is 9.52 Å². The summed E-state index contributed by atoms with van der Waals surface area (Å²) in [6.45, 7) is 6.09. The number of aromatic nitrogens is 3. The number of carbonyl (C=O) groups is 2. The van der Waals surface area contributed by atoms with Gasteiger partial charge in [0.2, 0.25) is 5.89 Å². The molecule has 8 nitrogen and oxygen atoms in total. The molecule has 2 aromatic heterocycles. The van der Waals surface area contributed by atoms with Crippen LogP contribution in [-0.4, -0.2) is 31.9 Å². The molecular formula is C14H16N4O4. The highest BCUT2D eigenvalue weighted by Gasteiger charge is 2.19. The molecule has 0 aromatic carbocycles. The molecule has 0 atom stereocenters. The van der Waals surface area contributed by atoms with Gasteiger partial charge in [-0.3, -0.25) is 4.79 Å². The van der Waals surface area contributed by atoms with Crippen molar-refractivity contribution in [2.24, 2.45) is 0 Å². The van der Waals surface area contributed by atoms with E-state index in [1.165, 1.54) is 0 Å². The minimum absolute atomic E-state index is 0.0209. The number of carboxylic acids is 1. The van der Waals surface area contributed by atoms with Gasteiger partial charge in [0.15, 0.2) is 5.69 Å². The summed E-state index contributed by atoms with van der Waals surface area (Å²) < 4.78 is 5.55. The summed E-state index contributed by atoms with van der Waals surface area (Å²) in [6.07, 6.45) is 3.76. The molecule has 116 valence electrons. The zero-order chi connectivity index (χ0) is 16.3. The van der Waals surface area contributed by atoms with Crippen molar-refractivity contribution >= 4 is 11.9 Å². The number of hydrogen-bond acceptors (Lipinski definition) is 6. The first-order valence-electron chi connectivity index (χ1n) is 6.56. The van der Waals surface area contributed by atoms with Crippen LogP contribution in [0.3, 0.4) is 0 Å². The molecule has 8 heteroatoms. The number of nitrogens with one attached hydrogen (secondary N) is 1. The lowest BCUT2D eigenvalue weighted by Gasteiger charge is -2.13. The van der Waals surface area contributed by atoms with Gasteiger partial charge in [0.25, 0.3) is 5.91 Å². The maximum absolute atomic E-state index is 11.9. The highest BCUT2D eigenvalue weighted by Crippen LogP contribution is 2.22. The Hall–Kier alpha value is -2.77. The van der Waals surface area contributed by atoms with E-state index in [1.807, 2.05) is 20.8 Å². The molecule has 2 aromatic rings. The number of rotatable bonds is 4. The molecule has 0 spiro atoms. The number of aromatic carboxylic acids is 1. The van der Waals surface area contributed by atoms with E-state index >= 15 is 0 Å². The van der Waals surface area contributed by atoms with Gasteiger partial charge in [-0.05, 0) is 0 Å². The van der Waals surface area contributed by atoms with Crippen molar-refractivity contribution in [2.75, 3.05) is 0 Å². The van der Waals surface area contributed by atoms with Crippen LogP contribution in [0.2, 0.25) is 0 Å². The van der Waals surface area contributed by atoms with Crippen LogP contribution in [-0.2, 0) is 12.0 Å². The quantitative estimate of drug-likeness (QED) is 0.876. The third-order valence-electron chi connectivity index (χ3n) is 2.80. The van der Waals surface area contributed by atoms with Crippen LogP contribution in [0.5, 0.6) is 0 Å². The van der Waals surface area contributed by atoms with E-state index in [1.54, 1.807) is 6.20 Å². The van der Waals surface area contributed by atoms with Gasteiger partial charge in [-0.1, -0.05) is 20.8 Å². The molecule has 2 rings (SSSR count). The molecule has 0 saturated heterocycles. The standard InChI is InChI=1S/C14H16N4O4/c1-14(2,3)10-6-17-11(22-10)7-18-12(19)8-4-16-9(5-15-8)13(20)21/h4-6H,7H2,1-3H3,(H,18,19)(H,20,21). The SMILES string of the molecule is CC(C)(C)c1cnc(CNC(=O)c2cnc(C(=O)O)cn2)o1. The minimum Gasteiger partial charge on any atom is -0.476 e. The van der Waals surface area contributed by atoms with Gasteiger partial charge >= 0.3 is 5.97 Å². The summed E-state index contributed by atoms with van der Waals surface area (Å²) in [7, 11) is 0. The second-order valence-corrected chi connectivity index (χ2v) is 5.64. The monoisotopic (exact) mass is 304 g/mol. The first-order chi connectivity index (χ1) is 10.3. The number of nitrogens with zero attached hydrogens (tertiary/aromatic N) is 3. The van der Waals surface area contributed by atoms with Gasteiger partial charge in [-0.25, -0.2) is 19.7 Å². The molecule has 0 bridgehead atoms. The Morgan fingerprint density at radius 1 is 1.14 bits per heavy atom. The van der Waals surface area contributed by atoms with E-state index < -0.39 is 11.9 Å². The number of hydrogen-bond donors (Lipinski definition) is 2. The molecule has 22 heavy (non-hydrogen) atoms. The smallest absolute Gasteiger partial charge is 0.356 e. The Morgan fingerprint density at radius 2 is 1.77 bits per heavy atom. The lowest BCUT2D eigenvalue weighted by atomic mass is 9.94. The van der Waals surface area contributed by atoms with Crippen molar-refractivity contribution in [1.82, 2.24) is 20.3 Å². The van der Waals surface area contributed by atoms with Gasteiger partial charge in [0.1, 0.15) is 11.5 Å². The third kappa shape index (κ3) is 3.66. The van der Waals surface area contributed by atoms with Crippen molar-refractivity contribution in [1.29, 1.82) is 0 Å². The maximum atomic E-state index is 11.9. The fourth-order valence-electron chi connectivity index (χ4n) is 1.54. The third-order valence-corrected chi connectivity index (χ3v) is 2.80. The van der Waals surface area contributed by atoms with Gasteiger partial charge in [-0.2, -0.15) is 0 Å². The van der Waals surface area contributed by atoms with E-state index in [0.717, 1.165) is 18.2 Å². The molecule has 0 fully saturated rings. The van der Waals surface area contributed by atoms with E-state index in [2.05, 4.69) is 20.3 Å². The largest absolute Gasteiger partial charge is 0.476 e. The predicted molar refractivity (Wildman–Crippen MR) is 75.4 cm³/mol. The van der Waals surface area contributed by atoms with Crippen LogP contribution < -0.4 is 5.32 Å². The Labute approximate surface area is 126 Å². The van der Waals surface area contributed by atoms with Crippen LogP contribution in [0, 0.1) is 0 Å². The fraction of sp³-hybridized carbons (Fsp3) is 0.357. The van der Waals surface area contributed by atoms with Gasteiger partial charge in [0, 0.05) is 5.41 Å². The highest BCUT2D eigenvalue weighted by molar-refractivity contribution is 5.92. The molecule has 0 aliphatic heterocycles. The minimum atomic E-state index is -1.20. The normalized spacial score (nSPS) is 11.2. The fourth-order valence-corrected chi connectivity index (χ4v) is 1.54. The summed E-state index contributed by atoms with van der Waals surface area (Å²) in [6, 6.07) is 0. The summed E-state index contributed by atoms with van der Waals surface area (Å²) in [5, 5.41) is 11.3. The number of carboxylic acid groups (broad SMARTS) is 1. The van der Waals surface area contributed by atoms with E-state index in [9.17, 15) is 9.59 Å². The molecule has 1 amide bonds. The van der Waals surface area contributed by atoms with Crippen LogP contribution in [0.15, 0.2) is 23.0 Å². The molecule has 0 aliphatic carbocycles. The number of amides is 1. The molecular weight excluding hydrogens is 288 g/mol. The van der Waals surface area contributed by atoms with Crippen LogP contribution in [0.4, 0.5) is 0 Å². The molecule has 2 heterocycles. The summed E-state index contributed by atoms with van der Waals surface area (Å²) >= 11 is 0. The predicted octanol–water partition coefficient (Wildman–Crippen LogP) is 1.39. The molecule has 0 unspecified atom stereocenters. The van der Waals surface area contributed by atoms with Gasteiger partial charge in [-0.15, -0.1) is 0 Å². The first kappa shape index (κ1) is 15.6. The molecule has 0 aliphatic rings. The van der Waals surface area contributed by atoms with Crippen molar-refractivity contribution in [3.05, 3.63) is 41.6 Å². The Bertz CT molecular complexity index is 686. The van der Waals surface area contributed by atoms with Crippen LogP contribution in [0.25, 0.3) is 0 Å². The summed E-state index contributed by atoms with van der Waals surface area (Å²) in [5.41, 5.74) is -0.361. The lowest BCUT2D eigenvalue weighted by Crippen LogP contribution is -2.24. The topological polar surface area (TPSA) is 118 Å². The second kappa shape index (κ2) is 5.92. The van der Waals surface area contributed by atoms with Crippen molar-refractivity contribution in [3.63, 3.8) is 0 Å². The summed E-state index contributed by atoms with van der Waals surface area (Å²) in [4.78, 5) is 34.0. The van der Waals surface area contributed by atoms with E-state index in [-0.39, 0.29) is 23.3 Å². The summed E-state index contributed by atoms with van der Waals surface area (Å²) in [5.74, 6) is -0.579. The van der Waals surface area contributed by atoms with Gasteiger partial charge in [0.05, 0.1) is 25.1 Å². The maximum Gasteiger partial charge on any atom is 0.356 e. The molecule has 0 saturated carbocycles. The zero-order valence-corrected chi connectivity index (χ0v) is 12.5. The van der Waals surface area contributed by atoms with Gasteiger partial charge < -0.3 is 14.8 Å². The average Bonchev–Trinajstić information content (AvgIpc) is 2.94. The van der Waals surface area contributed by atoms with E-state index in [0.29, 0.717) is 5.89 Å². The Morgan fingerprint density at radius 3 is 2.27 bits per heavy atom. The first-order valence-corrected chi connectivity index (χ1v) is 6.56. The Kier molecular flexibility index (Phi) is 4.20. The zero-order valence-electron chi connectivity index (χ0n) is 12.5. The highest BCUT2D eigenvalue weighted by atomic mass is 16.4. The van der Waals surface area contributed by atoms with Crippen molar-refractivity contribution in [2.45, 2.75) is 32.7 Å². The number of oxazole rings is 1. The lowest BCUT2D eigenvalue weighted by molar-refractivity contribution is 0.0689. The molecule has 0 radical (unpaired) electrons. The second-order valence-electron chi connectivity index (χ2n) is 5.64.